The van der Waals surface area contributed by atoms with E-state index in [9.17, 15) is 19.5 Å². The highest BCUT2D eigenvalue weighted by Crippen LogP contribution is 2.31. The van der Waals surface area contributed by atoms with E-state index in [-0.39, 0.29) is 29.5 Å². The van der Waals surface area contributed by atoms with Gasteiger partial charge in [-0.15, -0.1) is 11.3 Å². The van der Waals surface area contributed by atoms with Crippen molar-refractivity contribution in [1.29, 1.82) is 0 Å². The van der Waals surface area contributed by atoms with Crippen molar-refractivity contribution in [3.8, 4) is 5.75 Å². The highest BCUT2D eigenvalue weighted by atomic mass is 32.1. The molecular formula is C21H26N2O5S. The molecule has 0 aliphatic heterocycles. The van der Waals surface area contributed by atoms with Gasteiger partial charge in [0.25, 0.3) is 5.91 Å². The van der Waals surface area contributed by atoms with Crippen LogP contribution in [0.3, 0.4) is 0 Å². The van der Waals surface area contributed by atoms with Crippen molar-refractivity contribution in [3.05, 3.63) is 51.7 Å². The Balaban J connectivity index is 2.16. The number of nitrogens with one attached hydrogen (secondary N) is 1. The molecule has 2 aromatic rings. The Morgan fingerprint density at radius 2 is 1.79 bits per heavy atom. The molecule has 7 nitrogen and oxygen atoms in total. The number of hydrogen-bond acceptors (Lipinski definition) is 7. The van der Waals surface area contributed by atoms with Crippen LogP contribution in [0.4, 0.5) is 0 Å². The Morgan fingerprint density at radius 3 is 2.38 bits per heavy atom. The first-order valence-electron chi connectivity index (χ1n) is 9.04. The lowest BCUT2D eigenvalue weighted by molar-refractivity contribution is -0.146. The average Bonchev–Trinajstić information content (AvgIpc) is 3.13. The molecule has 0 saturated carbocycles. The molecule has 0 aliphatic rings. The molecule has 1 heterocycles. The number of rotatable bonds is 7. The Morgan fingerprint density at radius 1 is 1.14 bits per heavy atom. The maximum Gasteiger partial charge on any atom is 0.334 e. The van der Waals surface area contributed by atoms with Crippen molar-refractivity contribution < 1.29 is 24.2 Å². The van der Waals surface area contributed by atoms with E-state index in [1.54, 1.807) is 24.3 Å². The predicted octanol–water partition coefficient (Wildman–Crippen LogP) is 2.87. The summed E-state index contributed by atoms with van der Waals surface area (Å²) in [5.41, 5.74) is 4.73. The van der Waals surface area contributed by atoms with Gasteiger partial charge in [0.2, 0.25) is 5.78 Å². The van der Waals surface area contributed by atoms with Gasteiger partial charge in [-0.25, -0.2) is 4.79 Å². The van der Waals surface area contributed by atoms with E-state index >= 15 is 0 Å². The number of ether oxygens (including phenoxy) is 1. The zero-order chi connectivity index (χ0) is 21.8. The number of ketones is 1. The van der Waals surface area contributed by atoms with Gasteiger partial charge >= 0.3 is 5.97 Å². The van der Waals surface area contributed by atoms with Gasteiger partial charge in [0, 0.05) is 6.54 Å². The fourth-order valence-electron chi connectivity index (χ4n) is 3.00. The van der Waals surface area contributed by atoms with Crippen LogP contribution in [0.2, 0.25) is 0 Å². The van der Waals surface area contributed by atoms with Gasteiger partial charge in [0.15, 0.2) is 5.54 Å². The molecule has 0 spiro atoms. The third-order valence-corrected chi connectivity index (χ3v) is 5.26. The molecule has 1 aromatic heterocycles. The minimum Gasteiger partial charge on any atom is -0.508 e. The average molecular weight is 419 g/mol. The van der Waals surface area contributed by atoms with Gasteiger partial charge in [-0.3, -0.25) is 9.59 Å². The van der Waals surface area contributed by atoms with Gasteiger partial charge in [-0.05, 0) is 41.7 Å². The Hall–Kier alpha value is -2.71. The van der Waals surface area contributed by atoms with E-state index in [1.165, 1.54) is 19.2 Å². The van der Waals surface area contributed by atoms with Gasteiger partial charge in [-0.1, -0.05) is 32.9 Å². The second-order valence-corrected chi connectivity index (χ2v) is 9.13. The molecule has 0 fully saturated rings. The fraction of sp³-hybridized carbons (Fsp3) is 0.381. The number of aromatic hydroxyl groups is 1. The third-order valence-electron chi connectivity index (χ3n) is 4.18. The molecule has 1 atom stereocenters. The lowest BCUT2D eigenvalue weighted by Gasteiger charge is -2.31. The normalized spacial score (nSPS) is 13.4. The van der Waals surface area contributed by atoms with Crippen molar-refractivity contribution in [2.45, 2.75) is 39.3 Å². The first kappa shape index (κ1) is 22.6. The molecular weight excluding hydrogens is 392 g/mol. The number of amides is 1. The van der Waals surface area contributed by atoms with E-state index in [0.717, 1.165) is 16.9 Å². The van der Waals surface area contributed by atoms with E-state index in [0.29, 0.717) is 4.88 Å². The summed E-state index contributed by atoms with van der Waals surface area (Å²) in [5.74, 6) is -1.63. The minimum absolute atomic E-state index is 0.0996. The summed E-state index contributed by atoms with van der Waals surface area (Å²) in [6, 6.07) is 9.56. The summed E-state index contributed by atoms with van der Waals surface area (Å²) in [6.07, 6.45) is 0.0996. The number of esters is 1. The molecule has 8 heteroatoms. The highest BCUT2D eigenvalue weighted by molar-refractivity contribution is 7.16. The maximum atomic E-state index is 13.0. The molecule has 4 N–H and O–H groups in total. The number of thiophene rings is 1. The SMILES string of the molecule is COC(=O)C(N)(CC(C)(C)C)C(=O)c1ccc(C(=O)NCc2cccc(O)c2)s1. The van der Waals surface area contributed by atoms with Crippen LogP contribution in [0.15, 0.2) is 36.4 Å². The number of hydrogen-bond donors (Lipinski definition) is 3. The van der Waals surface area contributed by atoms with Crippen LogP contribution >= 0.6 is 11.3 Å². The maximum absolute atomic E-state index is 13.0. The van der Waals surface area contributed by atoms with Gasteiger partial charge < -0.3 is 20.9 Å². The zero-order valence-electron chi connectivity index (χ0n) is 16.9. The molecule has 2 rings (SSSR count). The summed E-state index contributed by atoms with van der Waals surface area (Å²) < 4.78 is 4.78. The lowest BCUT2D eigenvalue weighted by atomic mass is 9.77. The van der Waals surface area contributed by atoms with E-state index in [1.807, 2.05) is 20.8 Å². The topological polar surface area (TPSA) is 119 Å². The molecule has 0 radical (unpaired) electrons. The largest absolute Gasteiger partial charge is 0.508 e. The van der Waals surface area contributed by atoms with Crippen molar-refractivity contribution in [3.63, 3.8) is 0 Å². The first-order valence-corrected chi connectivity index (χ1v) is 9.86. The number of Topliss-reactive ketones (excluding diaryl/α,β-unsaturated/α-hetero) is 1. The van der Waals surface area contributed by atoms with Crippen LogP contribution in [0.25, 0.3) is 0 Å². The number of nitrogens with two attached hydrogens (primary N) is 1. The number of phenols is 1. The summed E-state index contributed by atoms with van der Waals surface area (Å²) in [7, 11) is 1.19. The first-order chi connectivity index (χ1) is 13.5. The van der Waals surface area contributed by atoms with Crippen molar-refractivity contribution in [1.82, 2.24) is 5.32 Å². The smallest absolute Gasteiger partial charge is 0.334 e. The quantitative estimate of drug-likeness (QED) is 0.361. The van der Waals surface area contributed by atoms with Crippen LogP contribution in [0.5, 0.6) is 5.75 Å². The van der Waals surface area contributed by atoms with Gasteiger partial charge in [-0.2, -0.15) is 0 Å². The Kier molecular flexibility index (Phi) is 6.81. The van der Waals surface area contributed by atoms with Gasteiger partial charge in [0.05, 0.1) is 16.9 Å². The van der Waals surface area contributed by atoms with E-state index in [2.05, 4.69) is 5.32 Å². The summed E-state index contributed by atoms with van der Waals surface area (Å²) in [4.78, 5) is 38.3. The number of carbonyl (C=O) groups is 3. The molecule has 29 heavy (non-hydrogen) atoms. The highest BCUT2D eigenvalue weighted by Gasteiger charge is 2.46. The van der Waals surface area contributed by atoms with E-state index < -0.39 is 22.7 Å². The Bertz CT molecular complexity index is 916. The van der Waals surface area contributed by atoms with Crippen LogP contribution in [-0.2, 0) is 16.1 Å². The summed E-state index contributed by atoms with van der Waals surface area (Å²) in [6.45, 7) is 5.85. The second-order valence-electron chi connectivity index (χ2n) is 8.05. The predicted molar refractivity (Wildman–Crippen MR) is 111 cm³/mol. The standard InChI is InChI=1S/C21H26N2O5S/c1-20(2,3)12-21(22,19(27)28-4)17(25)15-8-9-16(29-15)18(26)23-11-13-6-5-7-14(24)10-13/h5-10,24H,11-12,22H2,1-4H3,(H,23,26). The number of carbonyl (C=O) groups excluding carboxylic acids is 3. The number of methoxy groups -OCH3 is 1. The monoisotopic (exact) mass is 418 g/mol. The van der Waals surface area contributed by atoms with Crippen molar-refractivity contribution in [2.24, 2.45) is 11.1 Å². The summed E-state index contributed by atoms with van der Waals surface area (Å²) >= 11 is 0.969. The molecule has 1 aromatic carbocycles. The van der Waals surface area contributed by atoms with Crippen LogP contribution in [0, 0.1) is 5.41 Å². The number of benzene rings is 1. The fourth-order valence-corrected chi connectivity index (χ4v) is 3.95. The molecule has 0 saturated heterocycles. The van der Waals surface area contributed by atoms with Crippen LogP contribution in [0.1, 0.15) is 52.1 Å². The molecule has 1 unspecified atom stereocenters. The second kappa shape index (κ2) is 8.75. The van der Waals surface area contributed by atoms with E-state index in [4.69, 9.17) is 10.5 Å². The van der Waals surface area contributed by atoms with Gasteiger partial charge in [0.1, 0.15) is 5.75 Å². The zero-order valence-corrected chi connectivity index (χ0v) is 17.8. The molecule has 0 bridgehead atoms. The Labute approximate surface area is 173 Å². The van der Waals surface area contributed by atoms with Crippen LogP contribution < -0.4 is 11.1 Å². The van der Waals surface area contributed by atoms with Crippen molar-refractivity contribution >= 4 is 29.0 Å². The van der Waals surface area contributed by atoms with Crippen molar-refractivity contribution in [2.75, 3.05) is 7.11 Å². The molecule has 0 aliphatic carbocycles. The third kappa shape index (κ3) is 5.65. The number of phenolic OH excluding ortho intramolecular Hbond substituents is 1. The van der Waals surface area contributed by atoms with Crippen LogP contribution in [-0.4, -0.2) is 35.4 Å². The summed E-state index contributed by atoms with van der Waals surface area (Å²) in [5, 5.41) is 12.2. The molecule has 156 valence electrons. The minimum atomic E-state index is -1.83. The lowest BCUT2D eigenvalue weighted by Crippen LogP contribution is -2.57. The molecule has 1 amide bonds.